The minimum absolute atomic E-state index is 0.461. The number of rotatable bonds is 1. The second-order valence-electron chi connectivity index (χ2n) is 2.14. The third-order valence-electron chi connectivity index (χ3n) is 0.966. The molecule has 0 aliphatic carbocycles. The Balaban J connectivity index is 4.19. The van der Waals surface area contributed by atoms with Gasteiger partial charge in [0.1, 0.15) is 0 Å². The van der Waals surface area contributed by atoms with E-state index in [9.17, 15) is 4.79 Å². The molecule has 0 unspecified atom stereocenters. The molecule has 0 atom stereocenters. The predicted octanol–water partition coefficient (Wildman–Crippen LogP) is -0.326. The summed E-state index contributed by atoms with van der Waals surface area (Å²) in [6.07, 6.45) is 0. The molecule has 4 heteroatoms. The monoisotopic (exact) mass is 127 g/mol. The van der Waals surface area contributed by atoms with E-state index in [2.05, 4.69) is 4.85 Å². The Morgan fingerprint density at radius 2 is 2.22 bits per heavy atom. The van der Waals surface area contributed by atoms with E-state index in [0.717, 1.165) is 0 Å². The summed E-state index contributed by atoms with van der Waals surface area (Å²) in [6.45, 7) is 9.55. The van der Waals surface area contributed by atoms with Gasteiger partial charge in [-0.15, -0.1) is 0 Å². The van der Waals surface area contributed by atoms with Gasteiger partial charge in [0.25, 0.3) is 0 Å². The molecule has 0 aliphatic heterocycles. The Morgan fingerprint density at radius 3 is 2.33 bits per heavy atom. The van der Waals surface area contributed by atoms with Crippen LogP contribution in [0.25, 0.3) is 4.85 Å². The second-order valence-corrected chi connectivity index (χ2v) is 2.14. The van der Waals surface area contributed by atoms with Gasteiger partial charge in [-0.2, -0.15) is 0 Å². The van der Waals surface area contributed by atoms with Crippen LogP contribution in [0.3, 0.4) is 0 Å². The molecule has 0 aromatic carbocycles. The van der Waals surface area contributed by atoms with Crippen molar-refractivity contribution in [3.8, 4) is 0 Å². The van der Waals surface area contributed by atoms with Gasteiger partial charge in [-0.3, -0.25) is 10.2 Å². The number of hydrogen-bond donors (Lipinski definition) is 2. The van der Waals surface area contributed by atoms with Crippen molar-refractivity contribution >= 4 is 5.91 Å². The minimum Gasteiger partial charge on any atom is -0.300 e. The van der Waals surface area contributed by atoms with Crippen LogP contribution in [0.15, 0.2) is 0 Å². The molecule has 0 rings (SSSR count). The van der Waals surface area contributed by atoms with Crippen molar-refractivity contribution in [2.24, 2.45) is 5.84 Å². The Labute approximate surface area is 53.8 Å². The molecule has 1 amide bonds. The summed E-state index contributed by atoms with van der Waals surface area (Å²) in [5.41, 5.74) is 0.870. The highest BCUT2D eigenvalue weighted by Crippen LogP contribution is 2.06. The molecule has 0 fully saturated rings. The smallest absolute Gasteiger partial charge is 0.300 e. The molecule has 0 aromatic heterocycles. The predicted molar refractivity (Wildman–Crippen MR) is 33.0 cm³/mol. The standard InChI is InChI=1S/C5H9N3O/c1-5(2,7-3)4(9)8-6/h6H2,1-2H3,(H,8,9). The Kier molecular flexibility index (Phi) is 2.17. The van der Waals surface area contributed by atoms with Gasteiger partial charge in [0.2, 0.25) is 0 Å². The van der Waals surface area contributed by atoms with E-state index in [4.69, 9.17) is 12.4 Å². The lowest BCUT2D eigenvalue weighted by molar-refractivity contribution is -0.124. The topological polar surface area (TPSA) is 59.5 Å². The number of carbonyl (C=O) groups is 1. The lowest BCUT2D eigenvalue weighted by Crippen LogP contribution is -2.43. The van der Waals surface area contributed by atoms with E-state index in [1.807, 2.05) is 5.43 Å². The van der Waals surface area contributed by atoms with Crippen LogP contribution in [-0.2, 0) is 4.79 Å². The van der Waals surface area contributed by atoms with Gasteiger partial charge in [0.05, 0.1) is 0 Å². The summed E-state index contributed by atoms with van der Waals surface area (Å²) in [6, 6.07) is 0. The van der Waals surface area contributed by atoms with E-state index in [0.29, 0.717) is 0 Å². The number of hydrogen-bond acceptors (Lipinski definition) is 2. The molecule has 0 aliphatic rings. The molecule has 50 valence electrons. The van der Waals surface area contributed by atoms with Crippen molar-refractivity contribution in [2.45, 2.75) is 19.4 Å². The van der Waals surface area contributed by atoms with E-state index in [1.165, 1.54) is 13.8 Å². The summed E-state index contributed by atoms with van der Waals surface area (Å²) < 4.78 is 0. The van der Waals surface area contributed by atoms with Crippen LogP contribution in [0.1, 0.15) is 13.8 Å². The Morgan fingerprint density at radius 1 is 1.78 bits per heavy atom. The van der Waals surface area contributed by atoms with Gasteiger partial charge in [-0.25, -0.2) is 12.4 Å². The zero-order valence-electron chi connectivity index (χ0n) is 5.43. The molecular weight excluding hydrogens is 118 g/mol. The SMILES string of the molecule is [C-]#[N+]C(C)(C)C(=O)NN. The number of nitrogens with zero attached hydrogens (tertiary/aromatic N) is 1. The van der Waals surface area contributed by atoms with Crippen LogP contribution in [-0.4, -0.2) is 11.4 Å². The van der Waals surface area contributed by atoms with Gasteiger partial charge in [-0.05, 0) is 0 Å². The van der Waals surface area contributed by atoms with Crippen LogP contribution in [0, 0.1) is 6.57 Å². The highest BCUT2D eigenvalue weighted by molar-refractivity contribution is 5.86. The van der Waals surface area contributed by atoms with Gasteiger partial charge in [-0.1, -0.05) is 0 Å². The number of carbonyl (C=O) groups excluding carboxylic acids is 1. The molecule has 0 saturated carbocycles. The molecule has 0 bridgehead atoms. The van der Waals surface area contributed by atoms with Crippen molar-refractivity contribution in [3.63, 3.8) is 0 Å². The average molecular weight is 127 g/mol. The second kappa shape index (κ2) is 2.46. The van der Waals surface area contributed by atoms with Crippen molar-refractivity contribution in [3.05, 3.63) is 11.4 Å². The molecule has 0 spiro atoms. The number of nitrogens with one attached hydrogen (secondary N) is 1. The summed E-state index contributed by atoms with van der Waals surface area (Å²) in [5, 5.41) is 0. The molecule has 0 heterocycles. The van der Waals surface area contributed by atoms with Gasteiger partial charge in [0, 0.05) is 13.8 Å². The summed E-state index contributed by atoms with van der Waals surface area (Å²) in [5.74, 6) is 4.33. The van der Waals surface area contributed by atoms with Gasteiger partial charge in [0.15, 0.2) is 0 Å². The third kappa shape index (κ3) is 1.70. The summed E-state index contributed by atoms with van der Waals surface area (Å²) in [4.78, 5) is 13.7. The van der Waals surface area contributed by atoms with E-state index in [1.54, 1.807) is 0 Å². The molecule has 0 aromatic rings. The number of nitrogens with two attached hydrogens (primary N) is 1. The van der Waals surface area contributed by atoms with Crippen molar-refractivity contribution in [1.29, 1.82) is 0 Å². The van der Waals surface area contributed by atoms with Crippen LogP contribution >= 0.6 is 0 Å². The van der Waals surface area contributed by atoms with E-state index < -0.39 is 11.4 Å². The van der Waals surface area contributed by atoms with Crippen molar-refractivity contribution < 1.29 is 4.79 Å². The van der Waals surface area contributed by atoms with Crippen LogP contribution in [0.5, 0.6) is 0 Å². The first kappa shape index (κ1) is 7.92. The molecule has 4 nitrogen and oxygen atoms in total. The largest absolute Gasteiger partial charge is 0.319 e. The normalized spacial score (nSPS) is 10.0. The number of amides is 1. The summed E-state index contributed by atoms with van der Waals surface area (Å²) in [7, 11) is 0. The molecule has 9 heavy (non-hydrogen) atoms. The van der Waals surface area contributed by atoms with Crippen LogP contribution < -0.4 is 11.3 Å². The molecular formula is C5H9N3O. The highest BCUT2D eigenvalue weighted by Gasteiger charge is 2.32. The van der Waals surface area contributed by atoms with Crippen molar-refractivity contribution in [1.82, 2.24) is 5.43 Å². The zero-order chi connectivity index (χ0) is 7.49. The maximum absolute atomic E-state index is 10.6. The quantitative estimate of drug-likeness (QED) is 0.219. The number of hydrazine groups is 1. The van der Waals surface area contributed by atoms with Crippen LogP contribution in [0.2, 0.25) is 0 Å². The van der Waals surface area contributed by atoms with Gasteiger partial charge < -0.3 is 4.85 Å². The van der Waals surface area contributed by atoms with Gasteiger partial charge >= 0.3 is 11.4 Å². The summed E-state index contributed by atoms with van der Waals surface area (Å²) >= 11 is 0. The fourth-order valence-corrected chi connectivity index (χ4v) is 0.227. The zero-order valence-corrected chi connectivity index (χ0v) is 5.43. The van der Waals surface area contributed by atoms with E-state index in [-0.39, 0.29) is 0 Å². The molecule has 0 radical (unpaired) electrons. The van der Waals surface area contributed by atoms with Crippen molar-refractivity contribution in [2.75, 3.05) is 0 Å². The lowest BCUT2D eigenvalue weighted by atomic mass is 10.1. The third-order valence-corrected chi connectivity index (χ3v) is 0.966. The fraction of sp³-hybridized carbons (Fsp3) is 0.600. The Bertz CT molecular complexity index is 156. The maximum Gasteiger partial charge on any atom is 0.319 e. The first-order chi connectivity index (χ1) is 4.04. The average Bonchev–Trinajstić information content (AvgIpc) is 1.86. The fourth-order valence-electron chi connectivity index (χ4n) is 0.227. The first-order valence-electron chi connectivity index (χ1n) is 2.44. The van der Waals surface area contributed by atoms with E-state index >= 15 is 0 Å². The first-order valence-corrected chi connectivity index (χ1v) is 2.44. The maximum atomic E-state index is 10.6. The van der Waals surface area contributed by atoms with Crippen LogP contribution in [0.4, 0.5) is 0 Å². The minimum atomic E-state index is -1.03. The molecule has 3 N–H and O–H groups in total. The highest BCUT2D eigenvalue weighted by atomic mass is 16.2. The lowest BCUT2D eigenvalue weighted by Gasteiger charge is -2.06. The Hall–Kier alpha value is -1.08. The molecule has 0 saturated heterocycles.